The first kappa shape index (κ1) is 18.6. The third kappa shape index (κ3) is 4.21. The van der Waals surface area contributed by atoms with Gasteiger partial charge in [0, 0.05) is 29.9 Å². The van der Waals surface area contributed by atoms with E-state index in [4.69, 9.17) is 21.3 Å². The second-order valence-corrected chi connectivity index (χ2v) is 7.05. The lowest BCUT2D eigenvalue weighted by atomic mass is 10.1. The number of ether oxygens (including phenoxy) is 1. The molecule has 0 aliphatic carbocycles. The topological polar surface area (TPSA) is 55.3 Å². The van der Waals surface area contributed by atoms with Gasteiger partial charge in [-0.15, -0.1) is 0 Å². The van der Waals surface area contributed by atoms with Gasteiger partial charge in [-0.1, -0.05) is 41.9 Å². The monoisotopic (exact) mass is 393 g/mol. The van der Waals surface area contributed by atoms with Crippen molar-refractivity contribution >= 4 is 17.5 Å². The molecule has 28 heavy (non-hydrogen) atoms. The molecule has 142 valence electrons. The first-order valence-corrected chi connectivity index (χ1v) is 9.59. The number of pyridine rings is 2. The molecule has 1 amide bonds. The van der Waals surface area contributed by atoms with Crippen LogP contribution in [0, 0.1) is 0 Å². The fourth-order valence-electron chi connectivity index (χ4n) is 3.28. The van der Waals surface area contributed by atoms with Crippen LogP contribution >= 0.6 is 11.6 Å². The molecule has 1 aromatic carbocycles. The summed E-state index contributed by atoms with van der Waals surface area (Å²) in [5.74, 6) is -0.0823. The molecule has 4 rings (SSSR count). The zero-order valence-electron chi connectivity index (χ0n) is 15.3. The molecular weight excluding hydrogens is 374 g/mol. The van der Waals surface area contributed by atoms with Crippen molar-refractivity contribution in [1.82, 2.24) is 14.9 Å². The van der Waals surface area contributed by atoms with E-state index in [9.17, 15) is 4.79 Å². The number of aromatic nitrogens is 2. The van der Waals surface area contributed by atoms with Crippen molar-refractivity contribution < 1.29 is 9.53 Å². The molecule has 0 saturated carbocycles. The largest absolute Gasteiger partial charge is 0.368 e. The molecule has 0 bridgehead atoms. The van der Waals surface area contributed by atoms with E-state index in [2.05, 4.69) is 4.98 Å². The quantitative estimate of drug-likeness (QED) is 0.673. The van der Waals surface area contributed by atoms with Gasteiger partial charge in [-0.2, -0.15) is 0 Å². The SMILES string of the molecule is O=C(c1ccccn1)N1CCO[C@@H](c2cccc(Cc3ccccc3Cl)n2)C1. The van der Waals surface area contributed by atoms with Crippen LogP contribution in [0.2, 0.25) is 5.02 Å². The van der Waals surface area contributed by atoms with Gasteiger partial charge >= 0.3 is 0 Å². The predicted molar refractivity (Wildman–Crippen MR) is 107 cm³/mol. The summed E-state index contributed by atoms with van der Waals surface area (Å²) in [5.41, 5.74) is 3.22. The minimum atomic E-state index is -0.257. The lowest BCUT2D eigenvalue weighted by molar-refractivity contribution is -0.0249. The van der Waals surface area contributed by atoms with Gasteiger partial charge in [-0.25, -0.2) is 0 Å². The molecular formula is C22H20ClN3O2. The summed E-state index contributed by atoms with van der Waals surface area (Å²) in [4.78, 5) is 23.4. The van der Waals surface area contributed by atoms with Crippen molar-refractivity contribution in [2.75, 3.05) is 19.7 Å². The second kappa shape index (κ2) is 8.50. The van der Waals surface area contributed by atoms with Crippen molar-refractivity contribution in [1.29, 1.82) is 0 Å². The molecule has 6 heteroatoms. The minimum absolute atomic E-state index is 0.0823. The average molecular weight is 394 g/mol. The molecule has 1 aliphatic rings. The Morgan fingerprint density at radius 2 is 1.96 bits per heavy atom. The van der Waals surface area contributed by atoms with Crippen LogP contribution in [-0.4, -0.2) is 40.5 Å². The number of carbonyl (C=O) groups excluding carboxylic acids is 1. The van der Waals surface area contributed by atoms with Crippen LogP contribution in [-0.2, 0) is 11.2 Å². The molecule has 0 spiro atoms. The maximum atomic E-state index is 12.7. The summed E-state index contributed by atoms with van der Waals surface area (Å²) in [6.07, 6.45) is 2.02. The summed E-state index contributed by atoms with van der Waals surface area (Å²) >= 11 is 6.27. The van der Waals surface area contributed by atoms with Crippen LogP contribution in [0.5, 0.6) is 0 Å². The summed E-state index contributed by atoms with van der Waals surface area (Å²) in [6, 6.07) is 19.0. The fourth-order valence-corrected chi connectivity index (χ4v) is 3.48. The van der Waals surface area contributed by atoms with E-state index in [-0.39, 0.29) is 12.0 Å². The highest BCUT2D eigenvalue weighted by atomic mass is 35.5. The first-order chi connectivity index (χ1) is 13.7. The van der Waals surface area contributed by atoms with Gasteiger partial charge in [-0.05, 0) is 35.9 Å². The van der Waals surface area contributed by atoms with Crippen LogP contribution in [0.15, 0.2) is 66.9 Å². The Morgan fingerprint density at radius 3 is 2.79 bits per heavy atom. The van der Waals surface area contributed by atoms with Crippen LogP contribution in [0.1, 0.15) is 33.5 Å². The predicted octanol–water partition coefficient (Wildman–Crippen LogP) is 3.93. The Balaban J connectivity index is 1.49. The van der Waals surface area contributed by atoms with E-state index in [0.29, 0.717) is 31.8 Å². The van der Waals surface area contributed by atoms with E-state index in [1.165, 1.54) is 0 Å². The summed E-state index contributed by atoms with van der Waals surface area (Å²) < 4.78 is 5.91. The molecule has 1 atom stereocenters. The second-order valence-electron chi connectivity index (χ2n) is 6.65. The lowest BCUT2D eigenvalue weighted by Gasteiger charge is -2.32. The zero-order valence-corrected chi connectivity index (χ0v) is 16.0. The number of hydrogen-bond acceptors (Lipinski definition) is 4. The van der Waals surface area contributed by atoms with Crippen molar-refractivity contribution in [2.45, 2.75) is 12.5 Å². The van der Waals surface area contributed by atoms with Crippen molar-refractivity contribution in [3.8, 4) is 0 Å². The Morgan fingerprint density at radius 1 is 1.11 bits per heavy atom. The Labute approximate surface area is 169 Å². The number of hydrogen-bond donors (Lipinski definition) is 0. The molecule has 3 aromatic rings. The van der Waals surface area contributed by atoms with Gasteiger partial charge in [-0.3, -0.25) is 14.8 Å². The summed E-state index contributed by atoms with van der Waals surface area (Å²) in [7, 11) is 0. The third-order valence-corrected chi connectivity index (χ3v) is 5.09. The number of halogens is 1. The highest BCUT2D eigenvalue weighted by molar-refractivity contribution is 6.31. The van der Waals surface area contributed by atoms with E-state index >= 15 is 0 Å². The molecule has 1 fully saturated rings. The van der Waals surface area contributed by atoms with Gasteiger partial charge in [0.15, 0.2) is 0 Å². The highest BCUT2D eigenvalue weighted by Crippen LogP contribution is 2.23. The number of rotatable bonds is 4. The van der Waals surface area contributed by atoms with Crippen molar-refractivity contribution in [3.05, 3.63) is 94.5 Å². The van der Waals surface area contributed by atoms with E-state index in [1.54, 1.807) is 23.2 Å². The lowest BCUT2D eigenvalue weighted by Crippen LogP contribution is -2.42. The number of carbonyl (C=O) groups is 1. The van der Waals surface area contributed by atoms with Crippen LogP contribution in [0.25, 0.3) is 0 Å². The highest BCUT2D eigenvalue weighted by Gasteiger charge is 2.27. The molecule has 0 unspecified atom stereocenters. The van der Waals surface area contributed by atoms with Gasteiger partial charge in [0.2, 0.25) is 0 Å². The standard InChI is InChI=1S/C22H20ClN3O2/c23-18-8-2-1-6-16(18)14-17-7-5-10-19(25-17)21-15-26(12-13-28-21)22(27)20-9-3-4-11-24-20/h1-11,21H,12-15H2/t21-/m1/s1. The number of morpholine rings is 1. The molecule has 1 aliphatic heterocycles. The Kier molecular flexibility index (Phi) is 5.65. The molecule has 0 radical (unpaired) electrons. The smallest absolute Gasteiger partial charge is 0.272 e. The fraction of sp³-hybridized carbons (Fsp3) is 0.227. The minimum Gasteiger partial charge on any atom is -0.368 e. The normalized spacial score (nSPS) is 16.8. The first-order valence-electron chi connectivity index (χ1n) is 9.22. The van der Waals surface area contributed by atoms with E-state index in [0.717, 1.165) is 22.0 Å². The van der Waals surface area contributed by atoms with Crippen molar-refractivity contribution in [2.24, 2.45) is 0 Å². The van der Waals surface area contributed by atoms with Gasteiger partial charge in [0.1, 0.15) is 11.8 Å². The van der Waals surface area contributed by atoms with Crippen molar-refractivity contribution in [3.63, 3.8) is 0 Å². The van der Waals surface area contributed by atoms with Gasteiger partial charge in [0.05, 0.1) is 18.8 Å². The van der Waals surface area contributed by atoms with Gasteiger partial charge < -0.3 is 9.64 Å². The van der Waals surface area contributed by atoms with Gasteiger partial charge in [0.25, 0.3) is 5.91 Å². The number of nitrogens with zero attached hydrogens (tertiary/aromatic N) is 3. The van der Waals surface area contributed by atoms with Crippen LogP contribution in [0.3, 0.4) is 0 Å². The maximum absolute atomic E-state index is 12.7. The van der Waals surface area contributed by atoms with Crippen LogP contribution in [0.4, 0.5) is 0 Å². The maximum Gasteiger partial charge on any atom is 0.272 e. The summed E-state index contributed by atoms with van der Waals surface area (Å²) in [5, 5.41) is 0.732. The molecule has 2 aromatic heterocycles. The average Bonchev–Trinajstić information content (AvgIpc) is 2.76. The van der Waals surface area contributed by atoms with Crippen LogP contribution < -0.4 is 0 Å². The summed E-state index contributed by atoms with van der Waals surface area (Å²) in [6.45, 7) is 1.48. The Hall–Kier alpha value is -2.76. The molecule has 5 nitrogen and oxygen atoms in total. The third-order valence-electron chi connectivity index (χ3n) is 4.73. The molecule has 3 heterocycles. The van der Waals surface area contributed by atoms with E-state index in [1.807, 2.05) is 48.5 Å². The zero-order chi connectivity index (χ0) is 19.3. The number of benzene rings is 1. The molecule has 0 N–H and O–H groups in total. The number of amides is 1. The van der Waals surface area contributed by atoms with E-state index < -0.39 is 0 Å². The molecule has 1 saturated heterocycles. The Bertz CT molecular complexity index is 965.